The lowest BCUT2D eigenvalue weighted by atomic mass is 10.1. The molecule has 1 saturated heterocycles. The molecule has 0 bridgehead atoms. The monoisotopic (exact) mass is 288 g/mol. The van der Waals surface area contributed by atoms with Crippen molar-refractivity contribution in [2.45, 2.75) is 25.4 Å². The molecular weight excluding hydrogens is 271 g/mol. The summed E-state index contributed by atoms with van der Waals surface area (Å²) in [5, 5.41) is 0.517. The highest BCUT2D eigenvalue weighted by molar-refractivity contribution is 5.82. The van der Waals surface area contributed by atoms with Crippen molar-refractivity contribution >= 4 is 16.9 Å². The largest absolute Gasteiger partial charge is 0.468 e. The Morgan fingerprint density at radius 2 is 2.33 bits per heavy atom. The molecule has 0 N–H and O–H groups in total. The Bertz CT molecular complexity index is 674. The van der Waals surface area contributed by atoms with Crippen LogP contribution in [0, 0.1) is 5.82 Å². The zero-order valence-electron chi connectivity index (χ0n) is 11.9. The molecule has 0 radical (unpaired) electrons. The minimum Gasteiger partial charge on any atom is -0.468 e. The van der Waals surface area contributed by atoms with Gasteiger partial charge in [0.2, 0.25) is 0 Å². The van der Waals surface area contributed by atoms with Gasteiger partial charge in [-0.15, -0.1) is 0 Å². The molecule has 0 amide bonds. The molecule has 3 rings (SSSR count). The molecule has 1 aliphatic heterocycles. The van der Waals surface area contributed by atoms with E-state index in [1.165, 1.54) is 13.2 Å². The van der Waals surface area contributed by atoms with E-state index < -0.39 is 0 Å². The lowest BCUT2D eigenvalue weighted by Gasteiger charge is -2.22. The van der Waals surface area contributed by atoms with Gasteiger partial charge in [-0.25, -0.2) is 4.39 Å². The standard InChI is InChI=1S/C16H17FN2O2/c1-21-16(20)14-5-3-9-19(14)10-11-6-7-13(17)12-4-2-8-18-15(11)12/h2,4,6-8,14H,3,5,9-10H2,1H3. The van der Waals surface area contributed by atoms with E-state index >= 15 is 0 Å². The van der Waals surface area contributed by atoms with Crippen LogP contribution in [0.15, 0.2) is 30.5 Å². The van der Waals surface area contributed by atoms with Crippen molar-refractivity contribution in [2.24, 2.45) is 0 Å². The molecule has 110 valence electrons. The van der Waals surface area contributed by atoms with Gasteiger partial charge >= 0.3 is 5.97 Å². The molecule has 1 unspecified atom stereocenters. The predicted octanol–water partition coefficient (Wildman–Crippen LogP) is 2.51. The van der Waals surface area contributed by atoms with Crippen LogP contribution in [0.2, 0.25) is 0 Å². The topological polar surface area (TPSA) is 42.4 Å². The SMILES string of the molecule is COC(=O)C1CCCN1Cc1ccc(F)c2cccnc12. The maximum atomic E-state index is 13.8. The van der Waals surface area contributed by atoms with E-state index in [1.54, 1.807) is 24.4 Å². The number of methoxy groups -OCH3 is 1. The third-order valence-electron chi connectivity index (χ3n) is 4.01. The van der Waals surface area contributed by atoms with Crippen molar-refractivity contribution in [1.29, 1.82) is 0 Å². The summed E-state index contributed by atoms with van der Waals surface area (Å²) in [4.78, 5) is 18.2. The number of esters is 1. The Labute approximate surface area is 122 Å². The summed E-state index contributed by atoms with van der Waals surface area (Å²) in [7, 11) is 1.41. The number of fused-ring (bicyclic) bond motifs is 1. The third kappa shape index (κ3) is 2.61. The number of hydrogen-bond donors (Lipinski definition) is 0. The minimum absolute atomic E-state index is 0.202. The number of benzene rings is 1. The highest BCUT2D eigenvalue weighted by Crippen LogP contribution is 2.25. The Morgan fingerprint density at radius 1 is 1.48 bits per heavy atom. The first kappa shape index (κ1) is 13.9. The van der Waals surface area contributed by atoms with E-state index in [-0.39, 0.29) is 17.8 Å². The van der Waals surface area contributed by atoms with Gasteiger partial charge in [-0.3, -0.25) is 14.7 Å². The van der Waals surface area contributed by atoms with Crippen molar-refractivity contribution in [3.05, 3.63) is 41.8 Å². The van der Waals surface area contributed by atoms with Gasteiger partial charge in [0, 0.05) is 18.1 Å². The van der Waals surface area contributed by atoms with Gasteiger partial charge in [-0.1, -0.05) is 6.07 Å². The molecule has 1 fully saturated rings. The van der Waals surface area contributed by atoms with E-state index in [9.17, 15) is 9.18 Å². The van der Waals surface area contributed by atoms with Crippen molar-refractivity contribution in [3.63, 3.8) is 0 Å². The number of carbonyl (C=O) groups is 1. The Morgan fingerprint density at radius 3 is 3.14 bits per heavy atom. The number of hydrogen-bond acceptors (Lipinski definition) is 4. The van der Waals surface area contributed by atoms with E-state index in [2.05, 4.69) is 9.88 Å². The van der Waals surface area contributed by atoms with Crippen LogP contribution in [0.25, 0.3) is 10.9 Å². The maximum absolute atomic E-state index is 13.8. The second-order valence-electron chi connectivity index (χ2n) is 5.26. The van der Waals surface area contributed by atoms with Gasteiger partial charge in [-0.05, 0) is 43.1 Å². The van der Waals surface area contributed by atoms with Gasteiger partial charge in [0.25, 0.3) is 0 Å². The van der Waals surface area contributed by atoms with Crippen molar-refractivity contribution in [3.8, 4) is 0 Å². The number of pyridine rings is 1. The molecular formula is C16H17FN2O2. The molecule has 1 atom stereocenters. The molecule has 0 saturated carbocycles. The van der Waals surface area contributed by atoms with Gasteiger partial charge in [-0.2, -0.15) is 0 Å². The Hall–Kier alpha value is -2.01. The fourth-order valence-corrected chi connectivity index (χ4v) is 2.96. The predicted molar refractivity (Wildman–Crippen MR) is 77.1 cm³/mol. The number of rotatable bonds is 3. The quantitative estimate of drug-likeness (QED) is 0.814. The van der Waals surface area contributed by atoms with Gasteiger partial charge in [0.15, 0.2) is 0 Å². The Kier molecular flexibility index (Phi) is 3.84. The maximum Gasteiger partial charge on any atom is 0.323 e. The van der Waals surface area contributed by atoms with Crippen LogP contribution in [0.5, 0.6) is 0 Å². The van der Waals surface area contributed by atoms with Gasteiger partial charge < -0.3 is 4.74 Å². The summed E-state index contributed by atoms with van der Waals surface area (Å²) < 4.78 is 18.7. The van der Waals surface area contributed by atoms with Crippen LogP contribution < -0.4 is 0 Å². The number of likely N-dealkylation sites (tertiary alicyclic amines) is 1. The van der Waals surface area contributed by atoms with Crippen molar-refractivity contribution < 1.29 is 13.9 Å². The zero-order valence-corrected chi connectivity index (χ0v) is 11.9. The molecule has 0 spiro atoms. The molecule has 1 aliphatic rings. The van der Waals surface area contributed by atoms with Crippen molar-refractivity contribution in [1.82, 2.24) is 9.88 Å². The van der Waals surface area contributed by atoms with Crippen LogP contribution >= 0.6 is 0 Å². The average molecular weight is 288 g/mol. The summed E-state index contributed by atoms with van der Waals surface area (Å²) in [6.45, 7) is 1.42. The molecule has 2 heterocycles. The van der Waals surface area contributed by atoms with Crippen molar-refractivity contribution in [2.75, 3.05) is 13.7 Å². The molecule has 1 aromatic carbocycles. The summed E-state index contributed by atoms with van der Waals surface area (Å²) in [5.74, 6) is -0.473. The summed E-state index contributed by atoms with van der Waals surface area (Å²) in [6, 6.07) is 6.45. The minimum atomic E-state index is -0.271. The van der Waals surface area contributed by atoms with E-state index in [1.807, 2.05) is 0 Å². The highest BCUT2D eigenvalue weighted by atomic mass is 19.1. The van der Waals surface area contributed by atoms with Crippen LogP contribution in [-0.2, 0) is 16.1 Å². The molecule has 0 aliphatic carbocycles. The average Bonchev–Trinajstić information content (AvgIpc) is 2.98. The first-order valence-electron chi connectivity index (χ1n) is 7.04. The lowest BCUT2D eigenvalue weighted by Crippen LogP contribution is -2.36. The van der Waals surface area contributed by atoms with Crippen LogP contribution in [0.4, 0.5) is 4.39 Å². The number of ether oxygens (including phenoxy) is 1. The number of nitrogens with zero attached hydrogens (tertiary/aromatic N) is 2. The first-order chi connectivity index (χ1) is 10.2. The first-order valence-corrected chi connectivity index (χ1v) is 7.04. The molecule has 1 aromatic heterocycles. The number of aromatic nitrogens is 1. The molecule has 5 heteroatoms. The van der Waals surface area contributed by atoms with E-state index in [0.717, 1.165) is 24.9 Å². The van der Waals surface area contributed by atoms with Gasteiger partial charge in [0.05, 0.1) is 12.6 Å². The fourth-order valence-electron chi connectivity index (χ4n) is 2.96. The van der Waals surface area contributed by atoms with E-state index in [0.29, 0.717) is 17.4 Å². The number of carbonyl (C=O) groups excluding carboxylic acids is 1. The summed E-state index contributed by atoms with van der Waals surface area (Å²) in [6.07, 6.45) is 3.43. The van der Waals surface area contributed by atoms with E-state index in [4.69, 9.17) is 4.74 Å². The second kappa shape index (κ2) is 5.77. The second-order valence-corrected chi connectivity index (χ2v) is 5.26. The van der Waals surface area contributed by atoms with Crippen LogP contribution in [0.1, 0.15) is 18.4 Å². The fraction of sp³-hybridized carbons (Fsp3) is 0.375. The van der Waals surface area contributed by atoms with Gasteiger partial charge in [0.1, 0.15) is 11.9 Å². The smallest absolute Gasteiger partial charge is 0.323 e. The summed E-state index contributed by atoms with van der Waals surface area (Å²) >= 11 is 0. The Balaban J connectivity index is 1.92. The van der Waals surface area contributed by atoms with Crippen LogP contribution in [-0.4, -0.2) is 35.5 Å². The molecule has 21 heavy (non-hydrogen) atoms. The zero-order chi connectivity index (χ0) is 14.8. The normalized spacial score (nSPS) is 19.0. The van der Waals surface area contributed by atoms with Crippen LogP contribution in [0.3, 0.4) is 0 Å². The third-order valence-corrected chi connectivity index (χ3v) is 4.01. The molecule has 2 aromatic rings. The number of halogens is 1. The highest BCUT2D eigenvalue weighted by Gasteiger charge is 2.31. The lowest BCUT2D eigenvalue weighted by molar-refractivity contribution is -0.146. The molecule has 4 nitrogen and oxygen atoms in total. The summed E-state index contributed by atoms with van der Waals surface area (Å²) in [5.41, 5.74) is 1.59.